The molecule has 3 rings (SSSR count). The third-order valence-electron chi connectivity index (χ3n) is 6.47. The van der Waals surface area contributed by atoms with Crippen LogP contribution in [0.15, 0.2) is 11.6 Å². The first-order valence-electron chi connectivity index (χ1n) is 8.71. The largest absolute Gasteiger partial charge is 0.299 e. The number of hydrogen-bond donors (Lipinski definition) is 0. The van der Waals surface area contributed by atoms with Crippen molar-refractivity contribution in [1.29, 1.82) is 0 Å². The zero-order valence-electron chi connectivity index (χ0n) is 13.7. The molecule has 3 nitrogen and oxygen atoms in total. The van der Waals surface area contributed by atoms with Crippen LogP contribution in [0.5, 0.6) is 0 Å². The summed E-state index contributed by atoms with van der Waals surface area (Å²) in [5.41, 5.74) is 0.946. The minimum absolute atomic E-state index is 0.0235. The highest BCUT2D eigenvalue weighted by Crippen LogP contribution is 2.52. The molecule has 0 amide bonds. The second-order valence-electron chi connectivity index (χ2n) is 7.72. The van der Waals surface area contributed by atoms with Crippen LogP contribution in [0.3, 0.4) is 0 Å². The number of allylic oxidation sites excluding steroid dienone is 2. The molecule has 2 fully saturated rings. The zero-order chi connectivity index (χ0) is 15.9. The van der Waals surface area contributed by atoms with E-state index in [1.165, 1.54) is 5.57 Å². The van der Waals surface area contributed by atoms with Gasteiger partial charge in [-0.15, -0.1) is 0 Å². The Kier molecular flexibility index (Phi) is 4.09. The van der Waals surface area contributed by atoms with Gasteiger partial charge in [-0.05, 0) is 50.0 Å². The van der Waals surface area contributed by atoms with Crippen LogP contribution in [-0.2, 0) is 14.4 Å². The first-order valence-corrected chi connectivity index (χ1v) is 8.71. The van der Waals surface area contributed by atoms with Gasteiger partial charge in [-0.2, -0.15) is 0 Å². The molecule has 0 saturated heterocycles. The molecule has 4 atom stereocenters. The van der Waals surface area contributed by atoms with Gasteiger partial charge < -0.3 is 0 Å². The Labute approximate surface area is 132 Å². The minimum Gasteiger partial charge on any atom is -0.299 e. The number of carbonyl (C=O) groups is 3. The van der Waals surface area contributed by atoms with Crippen molar-refractivity contribution < 1.29 is 14.4 Å². The summed E-state index contributed by atoms with van der Waals surface area (Å²) in [7, 11) is 0. The molecular weight excluding hydrogens is 276 g/mol. The topological polar surface area (TPSA) is 51.2 Å². The molecule has 0 aromatic carbocycles. The predicted octanol–water partition coefficient (Wildman–Crippen LogP) is 3.66. The molecule has 22 heavy (non-hydrogen) atoms. The van der Waals surface area contributed by atoms with Crippen molar-refractivity contribution in [2.75, 3.05) is 0 Å². The highest BCUT2D eigenvalue weighted by molar-refractivity contribution is 5.92. The second kappa shape index (κ2) is 5.75. The molecule has 0 aliphatic heterocycles. The fraction of sp³-hybridized carbons (Fsp3) is 0.737. The number of hydrogen-bond acceptors (Lipinski definition) is 3. The second-order valence-corrected chi connectivity index (χ2v) is 7.72. The van der Waals surface area contributed by atoms with Gasteiger partial charge in [0.25, 0.3) is 0 Å². The van der Waals surface area contributed by atoms with Gasteiger partial charge in [0.2, 0.25) is 0 Å². The summed E-state index contributed by atoms with van der Waals surface area (Å²) < 4.78 is 0. The van der Waals surface area contributed by atoms with Crippen LogP contribution in [0.25, 0.3) is 0 Å². The monoisotopic (exact) mass is 302 g/mol. The lowest BCUT2D eigenvalue weighted by molar-refractivity contribution is -0.136. The quantitative estimate of drug-likeness (QED) is 0.799. The Morgan fingerprint density at radius 2 is 1.91 bits per heavy atom. The maximum absolute atomic E-state index is 12.4. The van der Waals surface area contributed by atoms with E-state index >= 15 is 0 Å². The molecule has 0 radical (unpaired) electrons. The maximum Gasteiger partial charge on any atom is 0.155 e. The van der Waals surface area contributed by atoms with Crippen LogP contribution < -0.4 is 0 Å². The molecule has 3 heteroatoms. The van der Waals surface area contributed by atoms with Crippen molar-refractivity contribution >= 4 is 17.3 Å². The lowest BCUT2D eigenvalue weighted by Crippen LogP contribution is -2.42. The van der Waals surface area contributed by atoms with E-state index in [0.29, 0.717) is 36.7 Å². The fourth-order valence-corrected chi connectivity index (χ4v) is 4.83. The zero-order valence-corrected chi connectivity index (χ0v) is 13.7. The third kappa shape index (κ3) is 2.59. The lowest BCUT2D eigenvalue weighted by atomic mass is 9.62. The molecule has 0 unspecified atom stereocenters. The highest BCUT2D eigenvalue weighted by Gasteiger charge is 2.53. The fourth-order valence-electron chi connectivity index (χ4n) is 4.83. The predicted molar refractivity (Wildman–Crippen MR) is 84.3 cm³/mol. The van der Waals surface area contributed by atoms with Gasteiger partial charge in [0.05, 0.1) is 0 Å². The summed E-state index contributed by atoms with van der Waals surface area (Å²) in [5.74, 6) is 1.63. The van der Waals surface area contributed by atoms with Crippen LogP contribution in [-0.4, -0.2) is 17.3 Å². The average molecular weight is 302 g/mol. The van der Waals surface area contributed by atoms with Crippen LogP contribution >= 0.6 is 0 Å². The smallest absolute Gasteiger partial charge is 0.155 e. The number of fused-ring (bicyclic) bond motifs is 1. The summed E-state index contributed by atoms with van der Waals surface area (Å²) in [6.07, 6.45) is 7.85. The van der Waals surface area contributed by atoms with Gasteiger partial charge in [-0.3, -0.25) is 14.4 Å². The Bertz CT molecular complexity index is 545. The minimum atomic E-state index is -0.263. The summed E-state index contributed by atoms with van der Waals surface area (Å²) in [6, 6.07) is 0. The van der Waals surface area contributed by atoms with Crippen molar-refractivity contribution in [3.63, 3.8) is 0 Å². The summed E-state index contributed by atoms with van der Waals surface area (Å²) in [4.78, 5) is 36.2. The van der Waals surface area contributed by atoms with Crippen LogP contribution in [0.2, 0.25) is 0 Å². The van der Waals surface area contributed by atoms with Gasteiger partial charge >= 0.3 is 0 Å². The van der Waals surface area contributed by atoms with E-state index in [2.05, 4.69) is 13.8 Å². The molecule has 0 aromatic rings. The van der Waals surface area contributed by atoms with Gasteiger partial charge in [0.15, 0.2) is 5.78 Å². The van der Waals surface area contributed by atoms with Gasteiger partial charge in [-0.1, -0.05) is 19.4 Å². The van der Waals surface area contributed by atoms with E-state index in [9.17, 15) is 14.4 Å². The van der Waals surface area contributed by atoms with Crippen molar-refractivity contribution in [2.45, 2.75) is 65.2 Å². The Hall–Kier alpha value is -1.25. The van der Waals surface area contributed by atoms with E-state index in [1.54, 1.807) is 6.08 Å². The SMILES string of the molecule is C[C@@H]1CCC(=O)C=C1CC[C@@H]1C(=O)CC[C@]2(C)C(=O)CC[C@@H]12. The number of rotatable bonds is 3. The normalized spacial score (nSPS) is 38.9. The summed E-state index contributed by atoms with van der Waals surface area (Å²) in [6.45, 7) is 4.24. The van der Waals surface area contributed by atoms with E-state index in [-0.39, 0.29) is 23.0 Å². The van der Waals surface area contributed by atoms with Gasteiger partial charge in [0.1, 0.15) is 11.6 Å². The molecule has 0 aromatic heterocycles. The van der Waals surface area contributed by atoms with Crippen molar-refractivity contribution in [2.24, 2.45) is 23.2 Å². The molecule has 3 aliphatic carbocycles. The molecular formula is C19H26O3. The standard InChI is InChI=1S/C19H26O3/c1-12-3-5-14(20)11-13(12)4-6-15-16-7-8-18(22)19(16,2)10-9-17(15)21/h11-12,15-16H,3-10H2,1-2H3/t12-,15+,16+,19+/m1/s1. The maximum atomic E-state index is 12.4. The van der Waals surface area contributed by atoms with E-state index < -0.39 is 0 Å². The number of Topliss-reactive ketones (excluding diaryl/α,β-unsaturated/α-hetero) is 2. The Balaban J connectivity index is 1.72. The van der Waals surface area contributed by atoms with Crippen LogP contribution in [0, 0.1) is 23.2 Å². The van der Waals surface area contributed by atoms with Gasteiger partial charge in [-0.25, -0.2) is 0 Å². The lowest BCUT2D eigenvalue weighted by Gasteiger charge is -2.40. The summed E-state index contributed by atoms with van der Waals surface area (Å²) >= 11 is 0. The van der Waals surface area contributed by atoms with E-state index in [0.717, 1.165) is 32.1 Å². The van der Waals surface area contributed by atoms with Crippen LogP contribution in [0.4, 0.5) is 0 Å². The Morgan fingerprint density at radius 3 is 2.68 bits per heavy atom. The third-order valence-corrected chi connectivity index (χ3v) is 6.47. The van der Waals surface area contributed by atoms with Crippen molar-refractivity contribution in [3.05, 3.63) is 11.6 Å². The molecule has 0 spiro atoms. The molecule has 0 N–H and O–H groups in total. The van der Waals surface area contributed by atoms with Crippen LogP contribution in [0.1, 0.15) is 65.2 Å². The van der Waals surface area contributed by atoms with Crippen molar-refractivity contribution in [1.82, 2.24) is 0 Å². The highest BCUT2D eigenvalue weighted by atomic mass is 16.1. The molecule has 2 saturated carbocycles. The molecule has 0 bridgehead atoms. The van der Waals surface area contributed by atoms with Crippen molar-refractivity contribution in [3.8, 4) is 0 Å². The number of ketones is 3. The Morgan fingerprint density at radius 1 is 1.14 bits per heavy atom. The molecule has 3 aliphatic rings. The number of carbonyl (C=O) groups excluding carboxylic acids is 3. The summed E-state index contributed by atoms with van der Waals surface area (Å²) in [5, 5.41) is 0. The first-order chi connectivity index (χ1) is 10.4. The first kappa shape index (κ1) is 15.6. The molecule has 120 valence electrons. The molecule has 0 heterocycles. The van der Waals surface area contributed by atoms with Gasteiger partial charge in [0, 0.05) is 30.6 Å². The van der Waals surface area contributed by atoms with E-state index in [1.807, 2.05) is 0 Å². The average Bonchev–Trinajstić information content (AvgIpc) is 2.78. The van der Waals surface area contributed by atoms with E-state index in [4.69, 9.17) is 0 Å².